The maximum absolute atomic E-state index is 12.2. The quantitative estimate of drug-likeness (QED) is 0.730. The summed E-state index contributed by atoms with van der Waals surface area (Å²) in [5, 5.41) is 0. The van der Waals surface area contributed by atoms with Gasteiger partial charge in [-0.05, 0) is 6.92 Å². The molecular formula is C15H24N4O3S2. The van der Waals surface area contributed by atoms with Crippen molar-refractivity contribution in [3.63, 3.8) is 0 Å². The van der Waals surface area contributed by atoms with Crippen molar-refractivity contribution >= 4 is 27.1 Å². The maximum atomic E-state index is 12.2. The van der Waals surface area contributed by atoms with Gasteiger partial charge in [-0.1, -0.05) is 0 Å². The number of hydrogen-bond acceptors (Lipinski definition) is 7. The van der Waals surface area contributed by atoms with Crippen LogP contribution >= 0.6 is 11.3 Å². The summed E-state index contributed by atoms with van der Waals surface area (Å²) >= 11 is 1.62. The molecule has 2 saturated heterocycles. The zero-order valence-corrected chi connectivity index (χ0v) is 15.9. The Balaban J connectivity index is 1.77. The van der Waals surface area contributed by atoms with Crippen LogP contribution in [0.1, 0.15) is 10.6 Å². The molecule has 24 heavy (non-hydrogen) atoms. The number of sulfone groups is 1. The lowest BCUT2D eigenvalue weighted by molar-refractivity contribution is -0.131. The van der Waals surface area contributed by atoms with Gasteiger partial charge in [0.25, 0.3) is 0 Å². The Labute approximate surface area is 147 Å². The maximum Gasteiger partial charge on any atom is 0.236 e. The second kappa shape index (κ2) is 6.70. The molecule has 9 heteroatoms. The fraction of sp³-hybridized carbons (Fsp3) is 0.733. The first-order valence-electron chi connectivity index (χ1n) is 8.04. The van der Waals surface area contributed by atoms with Gasteiger partial charge in [0.15, 0.2) is 9.84 Å². The summed E-state index contributed by atoms with van der Waals surface area (Å²) in [5.74, 6) is 0.350. The van der Waals surface area contributed by atoms with Gasteiger partial charge in [-0.15, -0.1) is 11.3 Å². The summed E-state index contributed by atoms with van der Waals surface area (Å²) in [6, 6.07) is -0.138. The lowest BCUT2D eigenvalue weighted by Crippen LogP contribution is -2.60. The lowest BCUT2D eigenvalue weighted by Gasteiger charge is -2.43. The number of carbonyl (C=O) groups excluding carboxylic acids is 1. The van der Waals surface area contributed by atoms with Gasteiger partial charge in [0.05, 0.1) is 29.3 Å². The predicted octanol–water partition coefficient (Wildman–Crippen LogP) is -0.177. The molecule has 0 unspecified atom stereocenters. The van der Waals surface area contributed by atoms with E-state index in [4.69, 9.17) is 0 Å². The van der Waals surface area contributed by atoms with Crippen molar-refractivity contribution in [3.8, 4) is 0 Å². The van der Waals surface area contributed by atoms with Gasteiger partial charge in [0, 0.05) is 50.7 Å². The molecule has 0 saturated carbocycles. The molecule has 134 valence electrons. The molecule has 1 aromatic heterocycles. The average molecular weight is 373 g/mol. The van der Waals surface area contributed by atoms with Crippen molar-refractivity contribution in [1.82, 2.24) is 19.7 Å². The summed E-state index contributed by atoms with van der Waals surface area (Å²) in [6.45, 7) is 4.50. The van der Waals surface area contributed by atoms with Gasteiger partial charge in [-0.3, -0.25) is 14.6 Å². The molecule has 7 nitrogen and oxygen atoms in total. The molecule has 0 bridgehead atoms. The highest BCUT2D eigenvalue weighted by molar-refractivity contribution is 7.91. The number of likely N-dealkylation sites (N-methyl/N-ethyl adjacent to an activating group) is 1. The molecule has 2 fully saturated rings. The van der Waals surface area contributed by atoms with Crippen molar-refractivity contribution in [3.05, 3.63) is 16.1 Å². The molecule has 2 atom stereocenters. The summed E-state index contributed by atoms with van der Waals surface area (Å²) in [5.41, 5.74) is 2.85. The molecule has 0 aromatic carbocycles. The van der Waals surface area contributed by atoms with Crippen LogP contribution in [-0.4, -0.2) is 91.3 Å². The number of thiazole rings is 1. The Kier molecular flexibility index (Phi) is 4.96. The van der Waals surface area contributed by atoms with E-state index in [1.165, 1.54) is 4.88 Å². The van der Waals surface area contributed by atoms with Crippen LogP contribution in [0.25, 0.3) is 0 Å². The second-order valence-electron chi connectivity index (χ2n) is 6.80. The Morgan fingerprint density at radius 2 is 1.92 bits per heavy atom. The summed E-state index contributed by atoms with van der Waals surface area (Å²) < 4.78 is 24.4. The van der Waals surface area contributed by atoms with Gasteiger partial charge in [0.2, 0.25) is 5.91 Å². The van der Waals surface area contributed by atoms with Crippen LogP contribution in [-0.2, 0) is 21.2 Å². The Morgan fingerprint density at radius 3 is 2.50 bits per heavy atom. The van der Waals surface area contributed by atoms with Gasteiger partial charge in [-0.25, -0.2) is 13.4 Å². The van der Waals surface area contributed by atoms with E-state index >= 15 is 0 Å². The Hall–Kier alpha value is -1.03. The van der Waals surface area contributed by atoms with Crippen LogP contribution in [0.2, 0.25) is 0 Å². The van der Waals surface area contributed by atoms with E-state index in [-0.39, 0.29) is 36.0 Å². The van der Waals surface area contributed by atoms with Crippen LogP contribution in [0.5, 0.6) is 0 Å². The third-order valence-corrected chi connectivity index (χ3v) is 7.55. The zero-order chi connectivity index (χ0) is 17.5. The van der Waals surface area contributed by atoms with Crippen molar-refractivity contribution in [1.29, 1.82) is 0 Å². The van der Waals surface area contributed by atoms with Crippen LogP contribution in [0, 0.1) is 6.92 Å². The highest BCUT2D eigenvalue weighted by Crippen LogP contribution is 2.29. The molecule has 3 rings (SSSR count). The van der Waals surface area contributed by atoms with E-state index in [1.54, 1.807) is 30.3 Å². The van der Waals surface area contributed by atoms with E-state index in [0.717, 1.165) is 18.8 Å². The average Bonchev–Trinajstić information content (AvgIpc) is 3.04. The monoisotopic (exact) mass is 372 g/mol. The minimum absolute atomic E-state index is 0.0183. The number of piperazine rings is 1. The highest BCUT2D eigenvalue weighted by Gasteiger charge is 2.46. The first-order chi connectivity index (χ1) is 11.3. The molecule has 0 aliphatic carbocycles. The van der Waals surface area contributed by atoms with Crippen LogP contribution < -0.4 is 0 Å². The van der Waals surface area contributed by atoms with Crippen molar-refractivity contribution in [2.24, 2.45) is 0 Å². The molecule has 2 aliphatic rings. The minimum Gasteiger partial charge on any atom is -0.348 e. The number of hydrogen-bond donors (Lipinski definition) is 0. The van der Waals surface area contributed by atoms with Gasteiger partial charge in [0.1, 0.15) is 0 Å². The molecule has 0 radical (unpaired) electrons. The predicted molar refractivity (Wildman–Crippen MR) is 93.8 cm³/mol. The van der Waals surface area contributed by atoms with E-state index in [0.29, 0.717) is 6.54 Å². The van der Waals surface area contributed by atoms with E-state index in [1.807, 2.05) is 17.3 Å². The van der Waals surface area contributed by atoms with Gasteiger partial charge in [-0.2, -0.15) is 0 Å². The molecular weight excluding hydrogens is 348 g/mol. The number of rotatable bonds is 4. The topological polar surface area (TPSA) is 73.8 Å². The molecule has 1 amide bonds. The van der Waals surface area contributed by atoms with Gasteiger partial charge < -0.3 is 4.90 Å². The van der Waals surface area contributed by atoms with Crippen molar-refractivity contribution in [2.45, 2.75) is 25.6 Å². The number of aryl methyl sites for hydroxylation is 1. The number of amides is 1. The largest absolute Gasteiger partial charge is 0.348 e. The minimum atomic E-state index is -3.06. The fourth-order valence-electron chi connectivity index (χ4n) is 3.47. The van der Waals surface area contributed by atoms with E-state index in [9.17, 15) is 13.2 Å². The SMILES string of the molecule is Cc1ncsc1CN1CCN(CC(=O)N(C)C)[C@H]2CS(=O)(=O)C[C@H]21. The molecule has 0 spiro atoms. The Morgan fingerprint density at radius 1 is 1.29 bits per heavy atom. The summed E-state index contributed by atoms with van der Waals surface area (Å²) in [7, 11) is 0.400. The first-order valence-corrected chi connectivity index (χ1v) is 10.7. The number of nitrogens with zero attached hydrogens (tertiary/aromatic N) is 4. The van der Waals surface area contributed by atoms with Crippen LogP contribution in [0.3, 0.4) is 0 Å². The fourth-order valence-corrected chi connectivity index (χ4v) is 6.31. The number of aromatic nitrogens is 1. The molecule has 3 heterocycles. The summed E-state index contributed by atoms with van der Waals surface area (Å²) in [6.07, 6.45) is 0. The third-order valence-electron chi connectivity index (χ3n) is 4.93. The van der Waals surface area contributed by atoms with Gasteiger partial charge >= 0.3 is 0 Å². The number of carbonyl (C=O) groups is 1. The molecule has 1 aromatic rings. The van der Waals surface area contributed by atoms with Crippen molar-refractivity contribution in [2.75, 3.05) is 45.2 Å². The van der Waals surface area contributed by atoms with Crippen molar-refractivity contribution < 1.29 is 13.2 Å². The first kappa shape index (κ1) is 17.8. The molecule has 0 N–H and O–H groups in total. The standard InChI is InChI=1S/C15H24N4O3S2/c1-11-14(23-10-16-11)6-18-4-5-19(7-15(20)17(2)3)13-9-24(21,22)8-12(13)18/h10,12-13H,4-9H2,1-3H3/t12-,13+/m1/s1. The van der Waals surface area contributed by atoms with E-state index < -0.39 is 9.84 Å². The number of fused-ring (bicyclic) bond motifs is 1. The lowest BCUT2D eigenvalue weighted by atomic mass is 10.0. The smallest absolute Gasteiger partial charge is 0.236 e. The van der Waals surface area contributed by atoms with Crippen LogP contribution in [0.15, 0.2) is 5.51 Å². The van der Waals surface area contributed by atoms with E-state index in [2.05, 4.69) is 9.88 Å². The molecule has 2 aliphatic heterocycles. The van der Waals surface area contributed by atoms with Crippen LogP contribution in [0.4, 0.5) is 0 Å². The Bertz CT molecular complexity index is 716. The normalized spacial score (nSPS) is 27.1. The third kappa shape index (κ3) is 3.63. The summed E-state index contributed by atoms with van der Waals surface area (Å²) in [4.78, 5) is 23.4. The zero-order valence-electron chi connectivity index (χ0n) is 14.3. The highest BCUT2D eigenvalue weighted by atomic mass is 32.2. The second-order valence-corrected chi connectivity index (χ2v) is 9.89.